The van der Waals surface area contributed by atoms with Crippen molar-refractivity contribution in [3.63, 3.8) is 0 Å². The van der Waals surface area contributed by atoms with Crippen LogP contribution in [0.15, 0.2) is 42.5 Å². The number of anilines is 1. The van der Waals surface area contributed by atoms with Gasteiger partial charge in [0.25, 0.3) is 0 Å². The van der Waals surface area contributed by atoms with Crippen LogP contribution in [0.5, 0.6) is 0 Å². The van der Waals surface area contributed by atoms with Crippen molar-refractivity contribution in [1.29, 1.82) is 0 Å². The number of carbonyl (C=O) groups is 1. The second-order valence-corrected chi connectivity index (χ2v) is 8.05. The van der Waals surface area contributed by atoms with Crippen LogP contribution in [0.4, 0.5) is 5.69 Å². The van der Waals surface area contributed by atoms with Crippen LogP contribution >= 0.6 is 11.3 Å². The maximum absolute atomic E-state index is 12.1. The number of hydrogen-bond donors (Lipinski definition) is 1. The van der Waals surface area contributed by atoms with Crippen LogP contribution in [-0.2, 0) is 4.79 Å². The number of nitrogens with zero attached hydrogens (tertiary/aromatic N) is 2. The van der Waals surface area contributed by atoms with E-state index in [1.54, 1.807) is 11.3 Å². The van der Waals surface area contributed by atoms with E-state index in [-0.39, 0.29) is 5.91 Å². The molecule has 27 heavy (non-hydrogen) atoms. The highest BCUT2D eigenvalue weighted by Gasteiger charge is 2.08. The molecule has 0 aliphatic rings. The Morgan fingerprint density at radius 2 is 1.93 bits per heavy atom. The quantitative estimate of drug-likeness (QED) is 0.573. The lowest BCUT2D eigenvalue weighted by Crippen LogP contribution is -2.25. The summed E-state index contributed by atoms with van der Waals surface area (Å²) in [6.45, 7) is 6.10. The molecule has 0 saturated heterocycles. The van der Waals surface area contributed by atoms with Gasteiger partial charge in [-0.3, -0.25) is 4.79 Å². The van der Waals surface area contributed by atoms with Crippen LogP contribution in [0.3, 0.4) is 0 Å². The molecule has 0 spiro atoms. The molecule has 3 aromatic rings. The van der Waals surface area contributed by atoms with Gasteiger partial charge in [0.15, 0.2) is 0 Å². The molecule has 2 aromatic carbocycles. The average Bonchev–Trinajstić information content (AvgIpc) is 3.08. The van der Waals surface area contributed by atoms with Gasteiger partial charge >= 0.3 is 0 Å². The Kier molecular flexibility index (Phi) is 6.58. The third-order valence-electron chi connectivity index (χ3n) is 4.57. The molecule has 0 fully saturated rings. The Hall–Kier alpha value is -2.24. The first-order valence-electron chi connectivity index (χ1n) is 9.51. The minimum atomic E-state index is 0.0570. The molecule has 142 valence electrons. The Morgan fingerprint density at radius 1 is 1.15 bits per heavy atom. The van der Waals surface area contributed by atoms with Gasteiger partial charge in [0.05, 0.1) is 10.2 Å². The predicted molar refractivity (Wildman–Crippen MR) is 115 cm³/mol. The van der Waals surface area contributed by atoms with Crippen molar-refractivity contribution in [3.8, 4) is 10.6 Å². The molecule has 1 N–H and O–H groups in total. The molecule has 0 aliphatic carbocycles. The van der Waals surface area contributed by atoms with Crippen molar-refractivity contribution in [2.45, 2.75) is 33.1 Å². The summed E-state index contributed by atoms with van der Waals surface area (Å²) < 4.78 is 1.20. The zero-order valence-corrected chi connectivity index (χ0v) is 17.1. The molecule has 0 atom stereocenters. The van der Waals surface area contributed by atoms with Crippen LogP contribution in [0.25, 0.3) is 20.8 Å². The van der Waals surface area contributed by atoms with Crippen LogP contribution in [0.2, 0.25) is 0 Å². The number of amides is 1. The highest BCUT2D eigenvalue weighted by molar-refractivity contribution is 7.21. The number of benzene rings is 2. The monoisotopic (exact) mass is 381 g/mol. The number of aromatic nitrogens is 1. The van der Waals surface area contributed by atoms with Crippen molar-refractivity contribution >= 4 is 33.1 Å². The second-order valence-electron chi connectivity index (χ2n) is 7.02. The van der Waals surface area contributed by atoms with Crippen LogP contribution in [-0.4, -0.2) is 35.9 Å². The number of hydrogen-bond acceptors (Lipinski definition) is 4. The van der Waals surface area contributed by atoms with E-state index in [0.717, 1.165) is 34.9 Å². The molecular weight excluding hydrogens is 354 g/mol. The smallest absolute Gasteiger partial charge is 0.225 e. The molecule has 4 nitrogen and oxygen atoms in total. The summed E-state index contributed by atoms with van der Waals surface area (Å²) in [4.78, 5) is 19.1. The largest absolute Gasteiger partial charge is 0.326 e. The van der Waals surface area contributed by atoms with Gasteiger partial charge in [-0.05, 0) is 68.9 Å². The summed E-state index contributed by atoms with van der Waals surface area (Å²) in [6.07, 6.45) is 2.86. The third kappa shape index (κ3) is 5.37. The number of rotatable bonds is 8. The van der Waals surface area contributed by atoms with E-state index < -0.39 is 0 Å². The lowest BCUT2D eigenvalue weighted by molar-refractivity contribution is -0.116. The van der Waals surface area contributed by atoms with Gasteiger partial charge < -0.3 is 10.2 Å². The second kappa shape index (κ2) is 9.11. The Labute approximate surface area is 165 Å². The fourth-order valence-electron chi connectivity index (χ4n) is 2.91. The minimum Gasteiger partial charge on any atom is -0.326 e. The molecule has 3 rings (SSSR count). The van der Waals surface area contributed by atoms with Crippen molar-refractivity contribution in [2.75, 3.05) is 25.5 Å². The van der Waals surface area contributed by atoms with Crippen LogP contribution in [0, 0.1) is 6.92 Å². The molecular formula is C22H27N3OS. The average molecular weight is 382 g/mol. The predicted octanol–water partition coefficient (Wildman–Crippen LogP) is 5.33. The van der Waals surface area contributed by atoms with Gasteiger partial charge in [-0.15, -0.1) is 11.3 Å². The van der Waals surface area contributed by atoms with Gasteiger partial charge in [0.1, 0.15) is 5.01 Å². The summed E-state index contributed by atoms with van der Waals surface area (Å²) in [5, 5.41) is 3.99. The Morgan fingerprint density at radius 3 is 2.67 bits per heavy atom. The minimum absolute atomic E-state index is 0.0570. The number of fused-ring (bicyclic) bond motifs is 1. The third-order valence-corrected chi connectivity index (χ3v) is 5.64. The highest BCUT2D eigenvalue weighted by atomic mass is 32.1. The van der Waals surface area contributed by atoms with Gasteiger partial charge in [0, 0.05) is 24.2 Å². The first-order chi connectivity index (χ1) is 13.0. The summed E-state index contributed by atoms with van der Waals surface area (Å²) in [5.74, 6) is 0.0570. The fraction of sp³-hybridized carbons (Fsp3) is 0.364. The SMILES string of the molecule is CCCCN(C)CCC(=O)Nc1ccc(-c2nc3ccc(C)cc3s2)cc1. The number of aryl methyl sites for hydroxylation is 1. The molecule has 0 radical (unpaired) electrons. The van der Waals surface area contributed by atoms with E-state index >= 15 is 0 Å². The van der Waals surface area contributed by atoms with Gasteiger partial charge in [-0.2, -0.15) is 0 Å². The van der Waals surface area contributed by atoms with Crippen molar-refractivity contribution in [3.05, 3.63) is 48.0 Å². The van der Waals surface area contributed by atoms with Gasteiger partial charge in [0.2, 0.25) is 5.91 Å². The van der Waals surface area contributed by atoms with Crippen molar-refractivity contribution in [2.24, 2.45) is 0 Å². The first-order valence-corrected chi connectivity index (χ1v) is 10.3. The molecule has 0 saturated carbocycles. The molecule has 0 bridgehead atoms. The van der Waals surface area contributed by atoms with E-state index in [1.165, 1.54) is 23.1 Å². The summed E-state index contributed by atoms with van der Waals surface area (Å²) >= 11 is 1.70. The van der Waals surface area contributed by atoms with E-state index in [4.69, 9.17) is 4.98 Å². The number of unbranched alkanes of at least 4 members (excludes halogenated alkanes) is 1. The zero-order chi connectivity index (χ0) is 19.2. The van der Waals surface area contributed by atoms with E-state index in [9.17, 15) is 4.79 Å². The van der Waals surface area contributed by atoms with Gasteiger partial charge in [-0.1, -0.05) is 19.4 Å². The zero-order valence-electron chi connectivity index (χ0n) is 16.3. The van der Waals surface area contributed by atoms with Crippen molar-refractivity contribution in [1.82, 2.24) is 9.88 Å². The normalized spacial score (nSPS) is 11.3. The van der Waals surface area contributed by atoms with Crippen LogP contribution < -0.4 is 5.32 Å². The number of nitrogens with one attached hydrogen (secondary N) is 1. The lowest BCUT2D eigenvalue weighted by atomic mass is 10.2. The standard InChI is InChI=1S/C22H27N3OS/c1-4-5-13-25(3)14-12-21(26)23-18-9-7-17(8-10-18)22-24-19-11-6-16(2)15-20(19)27-22/h6-11,15H,4-5,12-14H2,1-3H3,(H,23,26). The van der Waals surface area contributed by atoms with Crippen LogP contribution in [0.1, 0.15) is 31.7 Å². The maximum Gasteiger partial charge on any atom is 0.225 e. The lowest BCUT2D eigenvalue weighted by Gasteiger charge is -2.15. The molecule has 5 heteroatoms. The first kappa shape index (κ1) is 19.5. The molecule has 1 heterocycles. The maximum atomic E-state index is 12.1. The number of carbonyl (C=O) groups excluding carboxylic acids is 1. The Balaban J connectivity index is 1.58. The Bertz CT molecular complexity index is 902. The molecule has 0 unspecified atom stereocenters. The fourth-order valence-corrected chi connectivity index (χ4v) is 3.98. The summed E-state index contributed by atoms with van der Waals surface area (Å²) in [7, 11) is 2.07. The number of thiazole rings is 1. The van der Waals surface area contributed by atoms with Crippen molar-refractivity contribution < 1.29 is 4.79 Å². The molecule has 1 amide bonds. The molecule has 1 aromatic heterocycles. The summed E-state index contributed by atoms with van der Waals surface area (Å²) in [6, 6.07) is 14.3. The summed E-state index contributed by atoms with van der Waals surface area (Å²) in [5.41, 5.74) is 4.18. The van der Waals surface area contributed by atoms with E-state index in [0.29, 0.717) is 6.42 Å². The molecule has 0 aliphatic heterocycles. The van der Waals surface area contributed by atoms with Gasteiger partial charge in [-0.25, -0.2) is 4.98 Å². The topological polar surface area (TPSA) is 45.2 Å². The van der Waals surface area contributed by atoms with E-state index in [1.807, 2.05) is 24.3 Å². The highest BCUT2D eigenvalue weighted by Crippen LogP contribution is 2.31. The van der Waals surface area contributed by atoms with E-state index in [2.05, 4.69) is 49.3 Å².